The van der Waals surface area contributed by atoms with Crippen molar-refractivity contribution in [2.75, 3.05) is 36.0 Å². The van der Waals surface area contributed by atoms with Gasteiger partial charge in [0.1, 0.15) is 11.5 Å². The summed E-state index contributed by atoms with van der Waals surface area (Å²) in [5, 5.41) is 0. The number of rotatable bonds is 86. The fourth-order valence-electron chi connectivity index (χ4n) is 17.3. The number of carbonyl (C=O) groups is 4. The predicted octanol–water partition coefficient (Wildman–Crippen LogP) is 35.4. The second kappa shape index (κ2) is 76.9. The van der Waals surface area contributed by atoms with Gasteiger partial charge in [0.15, 0.2) is 11.6 Å². The van der Waals surface area contributed by atoms with E-state index >= 15 is 0 Å². The van der Waals surface area contributed by atoms with Crippen molar-refractivity contribution in [1.82, 2.24) is 0 Å². The summed E-state index contributed by atoms with van der Waals surface area (Å²) in [5.41, 5.74) is 3.97. The first kappa shape index (κ1) is 104. The van der Waals surface area contributed by atoms with Gasteiger partial charge in [-0.1, -0.05) is 464 Å². The molecule has 4 rings (SSSR count). The van der Waals surface area contributed by atoms with Crippen LogP contribution in [0.2, 0.25) is 0 Å². The topological polar surface area (TPSA) is 93.2 Å². The molecule has 0 atom stereocenters. The van der Waals surface area contributed by atoms with E-state index in [1.807, 2.05) is 24.3 Å². The average Bonchev–Trinajstić information content (AvgIpc) is 0.859. The Bertz CT molecular complexity index is 2610. The molecule has 0 saturated carbocycles. The quantitative estimate of drug-likeness (QED) is 0.0142. The van der Waals surface area contributed by atoms with Gasteiger partial charge in [0, 0.05) is 48.7 Å². The lowest BCUT2D eigenvalue weighted by atomic mass is 10.0. The van der Waals surface area contributed by atoms with Crippen LogP contribution in [0.25, 0.3) is 0 Å². The molecular formula is C109H182N2O6. The van der Waals surface area contributed by atoms with E-state index < -0.39 is 11.9 Å². The Morgan fingerprint density at radius 1 is 0.188 bits per heavy atom. The van der Waals surface area contributed by atoms with Gasteiger partial charge in [-0.15, -0.1) is 0 Å². The van der Waals surface area contributed by atoms with Gasteiger partial charge < -0.3 is 19.3 Å². The minimum absolute atomic E-state index is 0.330. The predicted molar refractivity (Wildman–Crippen MR) is 509 cm³/mol. The molecule has 0 bridgehead atoms. The number of benzene rings is 4. The first-order valence-electron chi connectivity index (χ1n) is 51.2. The lowest BCUT2D eigenvalue weighted by molar-refractivity contribution is 0.0725. The molecule has 8 nitrogen and oxygen atoms in total. The number of Topliss-reactive ketones (excluding diaryl/α,β-unsaturated/α-hetero) is 2. The number of ketones is 2. The van der Waals surface area contributed by atoms with Gasteiger partial charge in [-0.05, 0) is 123 Å². The SMILES string of the molecule is CCCCCCCCCCCCCCCCCCCCN(CCCCCCCCCCCCCCCCCCCC)c1ccc(C(=O)Oc2ccc(C(=O)CC(=O)c3ccc(OC(=O)c4ccc(N(CCCCCCCCCCCCCCCCCCCC)CCCCCCCCCCCCCCCCCCCC)cc4)cc3)cc2)cc1. The minimum atomic E-state index is -0.453. The Labute approximate surface area is 722 Å². The smallest absolute Gasteiger partial charge is 0.343 e. The molecule has 0 radical (unpaired) electrons. The standard InChI is InChI=1S/C109H182N2O6/c1-5-9-13-17-21-25-29-33-37-41-45-49-53-57-61-65-69-73-93-110(94-74-70-66-62-58-54-50-46-42-38-34-30-26-22-18-14-10-6-2)102-85-77-100(78-86-102)108(114)116-104-89-81-98(82-90-104)106(112)97-107(113)99-83-91-105(92-84-99)117-109(115)101-79-87-103(88-80-101)111(95-75-71-67-63-59-55-51-47-43-39-35-31-27-23-19-15-11-7-3)96-76-72-68-64-60-56-52-48-44-40-36-32-28-24-20-16-12-8-4/h77-92H,5-76,93-97H2,1-4H3. The first-order valence-corrected chi connectivity index (χ1v) is 51.2. The summed E-state index contributed by atoms with van der Waals surface area (Å²) in [7, 11) is 0. The molecule has 0 saturated heterocycles. The zero-order valence-electron chi connectivity index (χ0n) is 77.0. The van der Waals surface area contributed by atoms with E-state index in [2.05, 4.69) is 61.8 Å². The van der Waals surface area contributed by atoms with Gasteiger partial charge in [0.2, 0.25) is 0 Å². The molecule has 0 heterocycles. The largest absolute Gasteiger partial charge is 0.423 e. The van der Waals surface area contributed by atoms with E-state index in [0.29, 0.717) is 33.8 Å². The molecule has 4 aromatic carbocycles. The van der Waals surface area contributed by atoms with Crippen LogP contribution < -0.4 is 19.3 Å². The summed E-state index contributed by atoms with van der Waals surface area (Å²) < 4.78 is 11.7. The van der Waals surface area contributed by atoms with Crippen molar-refractivity contribution in [3.05, 3.63) is 119 Å². The summed E-state index contributed by atoms with van der Waals surface area (Å²) in [6.45, 7) is 13.3. The molecule has 0 N–H and O–H groups in total. The molecule has 0 aliphatic carbocycles. The average molecular weight is 1620 g/mol. The third kappa shape index (κ3) is 57.6. The number of carbonyl (C=O) groups excluding carboxylic acids is 4. The van der Waals surface area contributed by atoms with Gasteiger partial charge in [-0.2, -0.15) is 0 Å². The van der Waals surface area contributed by atoms with Gasteiger partial charge in [-0.3, -0.25) is 9.59 Å². The van der Waals surface area contributed by atoms with Crippen molar-refractivity contribution >= 4 is 34.9 Å². The minimum Gasteiger partial charge on any atom is -0.423 e. The monoisotopic (exact) mass is 1620 g/mol. The maximum atomic E-state index is 13.6. The van der Waals surface area contributed by atoms with Gasteiger partial charge >= 0.3 is 11.9 Å². The Morgan fingerprint density at radius 2 is 0.333 bits per heavy atom. The summed E-state index contributed by atoms with van der Waals surface area (Å²) in [5.74, 6) is -0.919. The van der Waals surface area contributed by atoms with Crippen LogP contribution in [0.3, 0.4) is 0 Å². The zero-order valence-corrected chi connectivity index (χ0v) is 77.0. The Kier molecular flexibility index (Phi) is 68.4. The molecule has 8 heteroatoms. The van der Waals surface area contributed by atoms with Crippen LogP contribution in [-0.2, 0) is 0 Å². The highest BCUT2D eigenvalue weighted by molar-refractivity contribution is 6.13. The summed E-state index contributed by atoms with van der Waals surface area (Å²) in [4.78, 5) is 59.2. The fourth-order valence-corrected chi connectivity index (χ4v) is 17.3. The maximum absolute atomic E-state index is 13.6. The summed E-state index contributed by atoms with van der Waals surface area (Å²) >= 11 is 0. The van der Waals surface area contributed by atoms with E-state index in [-0.39, 0.29) is 18.0 Å². The second-order valence-electron chi connectivity index (χ2n) is 36.0. The molecule has 0 spiro atoms. The van der Waals surface area contributed by atoms with Crippen molar-refractivity contribution in [3.8, 4) is 11.5 Å². The summed E-state index contributed by atoms with van der Waals surface area (Å²) in [6.07, 6.45) is 98.6. The second-order valence-corrected chi connectivity index (χ2v) is 36.0. The molecule has 664 valence electrons. The Balaban J connectivity index is 1.19. The molecule has 117 heavy (non-hydrogen) atoms. The van der Waals surface area contributed by atoms with Crippen LogP contribution in [0.4, 0.5) is 11.4 Å². The number of unbranched alkanes of at least 4 members (excludes halogenated alkanes) is 68. The van der Waals surface area contributed by atoms with Crippen LogP contribution >= 0.6 is 0 Å². The van der Waals surface area contributed by atoms with Crippen LogP contribution in [0.5, 0.6) is 11.5 Å². The van der Waals surface area contributed by atoms with E-state index in [1.54, 1.807) is 48.5 Å². The van der Waals surface area contributed by atoms with E-state index in [4.69, 9.17) is 9.47 Å². The molecule has 4 aromatic rings. The third-order valence-corrected chi connectivity index (χ3v) is 25.2. The van der Waals surface area contributed by atoms with Crippen molar-refractivity contribution in [3.63, 3.8) is 0 Å². The first-order chi connectivity index (χ1) is 57.8. The Hall–Kier alpha value is -5.24. The molecular weight excluding hydrogens is 1430 g/mol. The Morgan fingerprint density at radius 3 is 0.496 bits per heavy atom. The van der Waals surface area contributed by atoms with Gasteiger partial charge in [0.05, 0.1) is 17.5 Å². The fraction of sp³-hybridized carbons (Fsp3) is 0.743. The van der Waals surface area contributed by atoms with Crippen LogP contribution in [-0.4, -0.2) is 49.7 Å². The van der Waals surface area contributed by atoms with E-state index in [9.17, 15) is 19.2 Å². The van der Waals surface area contributed by atoms with Crippen LogP contribution in [0.15, 0.2) is 97.1 Å². The number of anilines is 2. The maximum Gasteiger partial charge on any atom is 0.343 e. The normalized spacial score (nSPS) is 11.5. The summed E-state index contributed by atoms with van der Waals surface area (Å²) in [6, 6.07) is 28.7. The third-order valence-electron chi connectivity index (χ3n) is 25.2. The number of nitrogens with zero attached hydrogens (tertiary/aromatic N) is 2. The molecule has 0 aliphatic heterocycles. The molecule has 0 aromatic heterocycles. The van der Waals surface area contributed by atoms with Gasteiger partial charge in [-0.25, -0.2) is 9.59 Å². The molecule has 0 unspecified atom stereocenters. The van der Waals surface area contributed by atoms with E-state index in [1.165, 1.54) is 462 Å². The number of hydrogen-bond acceptors (Lipinski definition) is 8. The highest BCUT2D eigenvalue weighted by atomic mass is 16.5. The van der Waals surface area contributed by atoms with Crippen molar-refractivity contribution in [2.45, 2.75) is 496 Å². The molecule has 0 fully saturated rings. The van der Waals surface area contributed by atoms with E-state index in [0.717, 1.165) is 37.6 Å². The molecule has 0 amide bonds. The van der Waals surface area contributed by atoms with Gasteiger partial charge in [0.25, 0.3) is 0 Å². The number of hydrogen-bond donors (Lipinski definition) is 0. The van der Waals surface area contributed by atoms with Crippen molar-refractivity contribution in [2.24, 2.45) is 0 Å². The van der Waals surface area contributed by atoms with Crippen LogP contribution in [0, 0.1) is 0 Å². The lowest BCUT2D eigenvalue weighted by Crippen LogP contribution is -2.25. The lowest BCUT2D eigenvalue weighted by Gasteiger charge is -2.25. The van der Waals surface area contributed by atoms with Crippen LogP contribution in [0.1, 0.15) is 538 Å². The van der Waals surface area contributed by atoms with Crippen molar-refractivity contribution in [1.29, 1.82) is 0 Å². The highest BCUT2D eigenvalue weighted by Gasteiger charge is 2.19. The zero-order chi connectivity index (χ0) is 83.3. The number of ether oxygens (including phenoxy) is 2. The molecule has 0 aliphatic rings. The van der Waals surface area contributed by atoms with Crippen molar-refractivity contribution < 1.29 is 28.7 Å². The highest BCUT2D eigenvalue weighted by Crippen LogP contribution is 2.27. The number of esters is 2.